The van der Waals surface area contributed by atoms with Crippen LogP contribution in [0.25, 0.3) is 17.1 Å². The molecule has 156 valence electrons. The van der Waals surface area contributed by atoms with Gasteiger partial charge in [0.15, 0.2) is 11.0 Å². The molecule has 4 rings (SSSR count). The van der Waals surface area contributed by atoms with Crippen molar-refractivity contribution in [1.82, 2.24) is 25.2 Å². The van der Waals surface area contributed by atoms with Gasteiger partial charge in [-0.2, -0.15) is 5.10 Å². The lowest BCUT2D eigenvalue weighted by Gasteiger charge is -2.10. The van der Waals surface area contributed by atoms with Crippen molar-refractivity contribution in [3.63, 3.8) is 0 Å². The molecule has 1 aromatic carbocycles. The van der Waals surface area contributed by atoms with Gasteiger partial charge in [0, 0.05) is 33.0 Å². The second kappa shape index (κ2) is 9.99. The number of nitrogens with one attached hydrogen (secondary N) is 1. The van der Waals surface area contributed by atoms with Gasteiger partial charge >= 0.3 is 0 Å². The Labute approximate surface area is 195 Å². The predicted molar refractivity (Wildman–Crippen MR) is 128 cm³/mol. The number of hydrogen-bond acceptors (Lipinski definition) is 7. The second-order valence-electron chi connectivity index (χ2n) is 6.35. The Bertz CT molecular complexity index is 1190. The molecule has 0 bridgehead atoms. The number of thioether (sulfide) groups is 1. The van der Waals surface area contributed by atoms with Crippen LogP contribution in [0.2, 0.25) is 0 Å². The lowest BCUT2D eigenvalue weighted by Crippen LogP contribution is -2.21. The second-order valence-corrected chi connectivity index (χ2v) is 9.16. The van der Waals surface area contributed by atoms with Crippen LogP contribution in [0.3, 0.4) is 0 Å². The molecule has 0 fully saturated rings. The maximum Gasteiger partial charge on any atom is 0.250 e. The summed E-state index contributed by atoms with van der Waals surface area (Å²) in [6.07, 6.45) is 3.42. The van der Waals surface area contributed by atoms with Crippen molar-refractivity contribution in [1.29, 1.82) is 0 Å². The first-order valence-corrected chi connectivity index (χ1v) is 11.9. The van der Waals surface area contributed by atoms with E-state index in [1.54, 1.807) is 23.7 Å². The fourth-order valence-corrected chi connectivity index (χ4v) is 4.41. The minimum atomic E-state index is -0.211. The molecule has 0 aliphatic rings. The van der Waals surface area contributed by atoms with E-state index in [-0.39, 0.29) is 11.7 Å². The number of amides is 1. The Hall–Kier alpha value is -2.82. The molecule has 0 spiro atoms. The molecule has 0 aliphatic heterocycles. The summed E-state index contributed by atoms with van der Waals surface area (Å²) in [5, 5.41) is 15.5. The fourth-order valence-electron chi connectivity index (χ4n) is 2.72. The highest BCUT2D eigenvalue weighted by atomic mass is 79.9. The SMILES string of the molecule is CC(=NNC(=O)CSc1nnc(-c2ccncc2)n1-c1ccc(Br)cc1)c1cccs1. The van der Waals surface area contributed by atoms with E-state index in [2.05, 4.69) is 41.6 Å². The highest BCUT2D eigenvalue weighted by Crippen LogP contribution is 2.28. The number of hydrazone groups is 1. The van der Waals surface area contributed by atoms with Gasteiger partial charge in [-0.05, 0) is 54.8 Å². The van der Waals surface area contributed by atoms with Crippen LogP contribution in [0.5, 0.6) is 0 Å². The molecule has 1 amide bonds. The Kier molecular flexibility index (Phi) is 6.90. The van der Waals surface area contributed by atoms with E-state index < -0.39 is 0 Å². The third-order valence-corrected chi connectivity index (χ3v) is 6.65. The highest BCUT2D eigenvalue weighted by Gasteiger charge is 2.17. The normalized spacial score (nSPS) is 11.5. The lowest BCUT2D eigenvalue weighted by molar-refractivity contribution is -0.118. The summed E-state index contributed by atoms with van der Waals surface area (Å²) in [6, 6.07) is 15.5. The Morgan fingerprint density at radius 3 is 2.65 bits per heavy atom. The van der Waals surface area contributed by atoms with Crippen LogP contribution >= 0.6 is 39.0 Å². The first-order valence-electron chi connectivity index (χ1n) is 9.23. The number of carbonyl (C=O) groups excluding carboxylic acids is 1. The Morgan fingerprint density at radius 1 is 1.16 bits per heavy atom. The molecule has 1 N–H and O–H groups in total. The summed E-state index contributed by atoms with van der Waals surface area (Å²) in [7, 11) is 0. The van der Waals surface area contributed by atoms with Crippen molar-refractivity contribution in [2.75, 3.05) is 5.75 Å². The first kappa shape index (κ1) is 21.4. The molecule has 0 unspecified atom stereocenters. The van der Waals surface area contributed by atoms with E-state index >= 15 is 0 Å². The molecule has 0 saturated carbocycles. The summed E-state index contributed by atoms with van der Waals surface area (Å²) < 4.78 is 2.90. The quantitative estimate of drug-likeness (QED) is 0.218. The first-order chi connectivity index (χ1) is 15.1. The number of thiophene rings is 1. The number of halogens is 1. The maximum atomic E-state index is 12.4. The van der Waals surface area contributed by atoms with Crippen LogP contribution in [0.1, 0.15) is 11.8 Å². The smallest absolute Gasteiger partial charge is 0.250 e. The van der Waals surface area contributed by atoms with Gasteiger partial charge in [-0.1, -0.05) is 33.8 Å². The number of nitrogens with zero attached hydrogens (tertiary/aromatic N) is 5. The van der Waals surface area contributed by atoms with E-state index in [0.29, 0.717) is 11.0 Å². The molecule has 3 heterocycles. The van der Waals surface area contributed by atoms with Crippen LogP contribution in [-0.2, 0) is 4.79 Å². The maximum absolute atomic E-state index is 12.4. The predicted octanol–water partition coefficient (Wildman–Crippen LogP) is 4.79. The van der Waals surface area contributed by atoms with E-state index in [1.807, 2.05) is 65.4 Å². The monoisotopic (exact) mass is 512 g/mol. The molecule has 10 heteroatoms. The van der Waals surface area contributed by atoms with E-state index in [0.717, 1.165) is 26.3 Å². The van der Waals surface area contributed by atoms with E-state index in [1.165, 1.54) is 11.8 Å². The number of pyridine rings is 1. The number of aromatic nitrogens is 4. The van der Waals surface area contributed by atoms with Crippen molar-refractivity contribution in [3.05, 3.63) is 75.7 Å². The number of rotatable bonds is 7. The van der Waals surface area contributed by atoms with Crippen molar-refractivity contribution in [2.45, 2.75) is 12.1 Å². The lowest BCUT2D eigenvalue weighted by atomic mass is 10.2. The zero-order valence-corrected chi connectivity index (χ0v) is 19.6. The standard InChI is InChI=1S/C21H17BrN6OS2/c1-14(18-3-2-12-30-18)24-25-19(29)13-31-21-27-26-20(15-8-10-23-11-9-15)28(21)17-6-4-16(22)5-7-17/h2-12H,13H2,1H3,(H,25,29). The molecule has 0 aliphatic carbocycles. The van der Waals surface area contributed by atoms with Gasteiger partial charge in [-0.15, -0.1) is 21.5 Å². The van der Waals surface area contributed by atoms with Gasteiger partial charge in [-0.25, -0.2) is 5.43 Å². The minimum absolute atomic E-state index is 0.159. The summed E-state index contributed by atoms with van der Waals surface area (Å²) >= 11 is 6.34. The van der Waals surface area contributed by atoms with Crippen molar-refractivity contribution in [3.8, 4) is 17.1 Å². The zero-order valence-electron chi connectivity index (χ0n) is 16.4. The summed E-state index contributed by atoms with van der Waals surface area (Å²) in [4.78, 5) is 17.4. The average molecular weight is 513 g/mol. The molecule has 31 heavy (non-hydrogen) atoms. The minimum Gasteiger partial charge on any atom is -0.272 e. The van der Waals surface area contributed by atoms with Gasteiger partial charge in [0.25, 0.3) is 5.91 Å². The Morgan fingerprint density at radius 2 is 1.94 bits per heavy atom. The van der Waals surface area contributed by atoms with E-state index in [9.17, 15) is 4.79 Å². The highest BCUT2D eigenvalue weighted by molar-refractivity contribution is 9.10. The van der Waals surface area contributed by atoms with Crippen molar-refractivity contribution < 1.29 is 4.79 Å². The summed E-state index contributed by atoms with van der Waals surface area (Å²) in [5.74, 6) is 0.627. The van der Waals surface area contributed by atoms with Crippen LogP contribution in [0.15, 0.2) is 81.0 Å². The molecule has 7 nitrogen and oxygen atoms in total. The van der Waals surface area contributed by atoms with Crippen molar-refractivity contribution >= 4 is 50.6 Å². The van der Waals surface area contributed by atoms with Gasteiger partial charge in [-0.3, -0.25) is 14.3 Å². The van der Waals surface area contributed by atoms with Gasteiger partial charge in [0.1, 0.15) is 0 Å². The van der Waals surface area contributed by atoms with Crippen LogP contribution in [0, 0.1) is 0 Å². The zero-order chi connectivity index (χ0) is 21.6. The molecular weight excluding hydrogens is 496 g/mol. The molecular formula is C21H17BrN6OS2. The molecule has 4 aromatic rings. The summed E-state index contributed by atoms with van der Waals surface area (Å²) in [5.41, 5.74) is 5.16. The largest absolute Gasteiger partial charge is 0.272 e. The third kappa shape index (κ3) is 5.27. The van der Waals surface area contributed by atoms with Crippen LogP contribution < -0.4 is 5.43 Å². The van der Waals surface area contributed by atoms with Gasteiger partial charge in [0.05, 0.1) is 11.5 Å². The third-order valence-electron chi connectivity index (χ3n) is 4.22. The van der Waals surface area contributed by atoms with Gasteiger partial charge in [0.2, 0.25) is 0 Å². The van der Waals surface area contributed by atoms with Crippen LogP contribution in [-0.4, -0.2) is 37.1 Å². The van der Waals surface area contributed by atoms with Crippen LogP contribution in [0.4, 0.5) is 0 Å². The fraction of sp³-hybridized carbons (Fsp3) is 0.0952. The van der Waals surface area contributed by atoms with Crippen molar-refractivity contribution in [2.24, 2.45) is 5.10 Å². The average Bonchev–Trinajstić information content (AvgIpc) is 3.48. The Balaban J connectivity index is 1.54. The molecule has 0 atom stereocenters. The topological polar surface area (TPSA) is 85.1 Å². The van der Waals surface area contributed by atoms with Gasteiger partial charge < -0.3 is 0 Å². The summed E-state index contributed by atoms with van der Waals surface area (Å²) in [6.45, 7) is 1.87. The number of hydrogen-bond donors (Lipinski definition) is 1. The molecule has 3 aromatic heterocycles. The van der Waals surface area contributed by atoms with E-state index in [4.69, 9.17) is 0 Å². The number of benzene rings is 1. The molecule has 0 radical (unpaired) electrons. The number of carbonyl (C=O) groups is 1. The molecule has 0 saturated heterocycles.